The van der Waals surface area contributed by atoms with Crippen LogP contribution >= 0.6 is 11.6 Å². The summed E-state index contributed by atoms with van der Waals surface area (Å²) in [6.45, 7) is 4.40. The summed E-state index contributed by atoms with van der Waals surface area (Å²) in [4.78, 5) is 19.2. The zero-order chi connectivity index (χ0) is 27.9. The number of carboxylic acids is 1. The lowest BCUT2D eigenvalue weighted by atomic mass is 9.71. The predicted octanol–water partition coefficient (Wildman–Crippen LogP) is 5.46. The largest absolute Gasteiger partial charge is 0.481 e. The molecule has 1 saturated heterocycles. The van der Waals surface area contributed by atoms with Gasteiger partial charge in [-0.2, -0.15) is 5.10 Å². The summed E-state index contributed by atoms with van der Waals surface area (Å²) < 4.78 is 30.4. The first-order valence-electron chi connectivity index (χ1n) is 13.1. The van der Waals surface area contributed by atoms with Crippen molar-refractivity contribution in [1.29, 1.82) is 0 Å². The molecule has 2 aromatic heterocycles. The van der Waals surface area contributed by atoms with Gasteiger partial charge >= 0.3 is 5.97 Å². The fourth-order valence-corrected chi connectivity index (χ4v) is 5.94. The number of carboxylic acid groups (broad SMARTS) is 1. The number of anilines is 2. The molecule has 1 saturated carbocycles. The number of likely N-dealkylation sites (tertiary alicyclic amines) is 1. The Kier molecular flexibility index (Phi) is 7.39. The van der Waals surface area contributed by atoms with Gasteiger partial charge in [-0.05, 0) is 64.6 Å². The zero-order valence-electron chi connectivity index (χ0n) is 21.9. The van der Waals surface area contributed by atoms with Gasteiger partial charge in [-0.15, -0.1) is 0 Å². The van der Waals surface area contributed by atoms with Crippen LogP contribution in [0.4, 0.5) is 20.4 Å². The summed E-state index contributed by atoms with van der Waals surface area (Å²) in [6.07, 6.45) is 1.92. The second-order valence-corrected chi connectivity index (χ2v) is 11.4. The van der Waals surface area contributed by atoms with Gasteiger partial charge in [-0.1, -0.05) is 23.7 Å². The highest BCUT2D eigenvalue weighted by Crippen LogP contribution is 2.45. The normalized spacial score (nSPS) is 22.9. The average Bonchev–Trinajstić information content (AvgIpc) is 3.28. The van der Waals surface area contributed by atoms with E-state index in [2.05, 4.69) is 20.5 Å². The second-order valence-electron chi connectivity index (χ2n) is 11.0. The van der Waals surface area contributed by atoms with Gasteiger partial charge in [-0.3, -0.25) is 14.8 Å². The number of hydrogen-bond acceptors (Lipinski definition) is 6. The Morgan fingerprint density at radius 1 is 1.23 bits per heavy atom. The lowest BCUT2D eigenvalue weighted by Crippen LogP contribution is -2.50. The maximum atomic E-state index is 15.9. The molecule has 1 aromatic carbocycles. The molecule has 2 atom stereocenters. The van der Waals surface area contributed by atoms with Gasteiger partial charge in [0, 0.05) is 41.9 Å². The van der Waals surface area contributed by atoms with Crippen LogP contribution in [0.1, 0.15) is 61.5 Å². The molecule has 0 spiro atoms. The molecule has 11 heteroatoms. The number of nitrogens with zero attached hydrogens (tertiary/aromatic N) is 3. The summed E-state index contributed by atoms with van der Waals surface area (Å²) in [5.74, 6) is -1.42. The number of aryl methyl sites for hydroxylation is 1. The van der Waals surface area contributed by atoms with Crippen LogP contribution in [0.15, 0.2) is 30.3 Å². The van der Waals surface area contributed by atoms with Crippen LogP contribution in [0.25, 0.3) is 0 Å². The van der Waals surface area contributed by atoms with Crippen LogP contribution in [-0.4, -0.2) is 48.9 Å². The lowest BCUT2D eigenvalue weighted by Gasteiger charge is -2.43. The van der Waals surface area contributed by atoms with Crippen molar-refractivity contribution >= 4 is 29.2 Å². The third-order valence-corrected chi connectivity index (χ3v) is 8.51. The van der Waals surface area contributed by atoms with Crippen molar-refractivity contribution in [2.75, 3.05) is 11.9 Å². The molecule has 1 aliphatic heterocycles. The van der Waals surface area contributed by atoms with Crippen molar-refractivity contribution in [3.8, 4) is 0 Å². The smallest absolute Gasteiger partial charge is 0.310 e. The number of H-pyrrole nitrogens is 1. The number of hydrogen-bond donors (Lipinski definition) is 4. The molecular formula is C28H32ClF2N5O3. The topological polar surface area (TPSA) is 114 Å². The van der Waals surface area contributed by atoms with Crippen molar-refractivity contribution in [2.24, 2.45) is 5.41 Å². The van der Waals surface area contributed by atoms with E-state index in [9.17, 15) is 19.4 Å². The van der Waals surface area contributed by atoms with Crippen molar-refractivity contribution in [2.45, 2.75) is 70.6 Å². The summed E-state index contributed by atoms with van der Waals surface area (Å²) in [5.41, 5.74) is -1.22. The number of carbonyl (C=O) groups is 1. The molecule has 39 heavy (non-hydrogen) atoms. The molecule has 3 heterocycles. The molecule has 0 bridgehead atoms. The number of aliphatic carboxylic acids is 1. The standard InChI is InChI=1S/C28H32ClF2N5O3/c1-16-11-23(35-34-16)33-22-12-19(28(39)7-4-8-28)25(31)21(32-22)14-27(26(37)38)9-10-36(17(2)13-27)15-18-5-3-6-20(29)24(18)30/h3,5-6,11-12,17,39H,4,7-10,13-15H2,1-2H3,(H,37,38)(H2,32,33,34,35)/t17-,27-/m1/s1. The first-order valence-corrected chi connectivity index (χ1v) is 13.5. The molecule has 1 aliphatic carbocycles. The third kappa shape index (κ3) is 5.37. The number of nitrogens with one attached hydrogen (secondary N) is 2. The minimum Gasteiger partial charge on any atom is -0.481 e. The molecular weight excluding hydrogens is 528 g/mol. The van der Waals surface area contributed by atoms with E-state index in [4.69, 9.17) is 11.6 Å². The molecule has 0 unspecified atom stereocenters. The van der Waals surface area contributed by atoms with E-state index in [1.807, 2.05) is 18.7 Å². The molecule has 0 radical (unpaired) electrons. The van der Waals surface area contributed by atoms with E-state index < -0.39 is 28.6 Å². The van der Waals surface area contributed by atoms with E-state index in [0.29, 0.717) is 30.8 Å². The lowest BCUT2D eigenvalue weighted by molar-refractivity contribution is -0.153. The van der Waals surface area contributed by atoms with Gasteiger partial charge in [0.05, 0.1) is 21.7 Å². The predicted molar refractivity (Wildman–Crippen MR) is 143 cm³/mol. The van der Waals surface area contributed by atoms with Gasteiger partial charge in [0.1, 0.15) is 11.6 Å². The van der Waals surface area contributed by atoms with Crippen LogP contribution in [-0.2, 0) is 23.4 Å². The minimum absolute atomic E-state index is 0.00785. The van der Waals surface area contributed by atoms with E-state index >= 15 is 4.39 Å². The zero-order valence-corrected chi connectivity index (χ0v) is 22.7. The number of pyridine rings is 1. The molecule has 5 rings (SSSR count). The van der Waals surface area contributed by atoms with Gasteiger partial charge in [0.15, 0.2) is 11.6 Å². The summed E-state index contributed by atoms with van der Waals surface area (Å²) in [6, 6.07) is 7.87. The average molecular weight is 560 g/mol. The second kappa shape index (κ2) is 10.5. The van der Waals surface area contributed by atoms with Crippen LogP contribution in [0, 0.1) is 24.0 Å². The first-order chi connectivity index (χ1) is 18.5. The molecule has 8 nitrogen and oxygen atoms in total. The number of aromatic amines is 1. The number of benzene rings is 1. The van der Waals surface area contributed by atoms with E-state index in [1.54, 1.807) is 18.2 Å². The monoisotopic (exact) mass is 559 g/mol. The maximum Gasteiger partial charge on any atom is 0.310 e. The summed E-state index contributed by atoms with van der Waals surface area (Å²) in [7, 11) is 0. The third-order valence-electron chi connectivity index (χ3n) is 8.22. The van der Waals surface area contributed by atoms with Crippen LogP contribution in [0.3, 0.4) is 0 Å². The number of rotatable bonds is 8. The highest BCUT2D eigenvalue weighted by atomic mass is 35.5. The van der Waals surface area contributed by atoms with Gasteiger partial charge < -0.3 is 15.5 Å². The van der Waals surface area contributed by atoms with E-state index in [0.717, 1.165) is 12.1 Å². The Hall–Kier alpha value is -3.08. The minimum atomic E-state index is -1.31. The summed E-state index contributed by atoms with van der Waals surface area (Å²) in [5, 5.41) is 31.5. The fourth-order valence-electron chi connectivity index (χ4n) is 5.75. The van der Waals surface area contributed by atoms with E-state index in [-0.39, 0.29) is 53.9 Å². The van der Waals surface area contributed by atoms with Crippen LogP contribution in [0.5, 0.6) is 0 Å². The van der Waals surface area contributed by atoms with Crippen molar-refractivity contribution in [3.63, 3.8) is 0 Å². The first kappa shape index (κ1) is 27.5. The molecule has 208 valence electrons. The number of aliphatic hydroxyl groups is 1. The van der Waals surface area contributed by atoms with Crippen LogP contribution in [0.2, 0.25) is 5.02 Å². The highest BCUT2D eigenvalue weighted by molar-refractivity contribution is 6.30. The Bertz CT molecular complexity index is 1400. The molecule has 2 fully saturated rings. The van der Waals surface area contributed by atoms with Gasteiger partial charge in [-0.25, -0.2) is 13.8 Å². The molecule has 0 amide bonds. The maximum absolute atomic E-state index is 15.9. The Balaban J connectivity index is 1.43. The molecule has 3 aromatic rings. The fraction of sp³-hybridized carbons (Fsp3) is 0.464. The summed E-state index contributed by atoms with van der Waals surface area (Å²) >= 11 is 5.94. The van der Waals surface area contributed by atoms with Crippen molar-refractivity contribution < 1.29 is 23.8 Å². The van der Waals surface area contributed by atoms with E-state index in [1.165, 1.54) is 12.1 Å². The van der Waals surface area contributed by atoms with Crippen molar-refractivity contribution in [3.05, 3.63) is 69.5 Å². The van der Waals surface area contributed by atoms with Crippen LogP contribution < -0.4 is 5.32 Å². The number of halogens is 3. The number of aromatic nitrogens is 3. The Morgan fingerprint density at radius 3 is 2.62 bits per heavy atom. The molecule has 2 aliphatic rings. The quantitative estimate of drug-likeness (QED) is 0.290. The van der Waals surface area contributed by atoms with Crippen molar-refractivity contribution in [1.82, 2.24) is 20.1 Å². The van der Waals surface area contributed by atoms with Gasteiger partial charge in [0.2, 0.25) is 0 Å². The molecule has 4 N–H and O–H groups in total. The van der Waals surface area contributed by atoms with Gasteiger partial charge in [0.25, 0.3) is 0 Å². The Morgan fingerprint density at radius 2 is 2.00 bits per heavy atom. The SMILES string of the molecule is Cc1cc(Nc2cc(C3(O)CCC3)c(F)c(C[C@@]3(C(=O)O)CCN(Cc4cccc(Cl)c4F)[C@H](C)C3)n2)n[nH]1. The Labute approximate surface area is 230 Å². The number of piperidine rings is 1. The highest BCUT2D eigenvalue weighted by Gasteiger charge is 2.46.